The molecule has 1 atom stereocenters. The summed E-state index contributed by atoms with van der Waals surface area (Å²) in [4.78, 5) is 24.5. The highest BCUT2D eigenvalue weighted by atomic mass is 79.9. The highest BCUT2D eigenvalue weighted by Crippen LogP contribution is 2.22. The predicted molar refractivity (Wildman–Crippen MR) is 133 cm³/mol. The summed E-state index contributed by atoms with van der Waals surface area (Å²) >= 11 is 9.22. The number of amides is 1. The zero-order valence-corrected chi connectivity index (χ0v) is 19.9. The topological polar surface area (TPSA) is 77.0 Å². The van der Waals surface area contributed by atoms with E-state index in [1.165, 1.54) is 12.3 Å². The Bertz CT molecular complexity index is 1160. The number of nitrogens with one attached hydrogen (secondary N) is 1. The highest BCUT2D eigenvalue weighted by Gasteiger charge is 2.14. The fraction of sp³-hybridized carbons (Fsp3) is 0.0800. The molecule has 1 N–H and O–H groups in total. The number of halogens is 2. The van der Waals surface area contributed by atoms with Gasteiger partial charge in [0.15, 0.2) is 6.10 Å². The molecule has 0 heterocycles. The number of hydrogen-bond donors (Lipinski definition) is 1. The molecule has 0 aliphatic heterocycles. The van der Waals surface area contributed by atoms with Gasteiger partial charge < -0.3 is 9.47 Å². The van der Waals surface area contributed by atoms with Crippen LogP contribution in [0.15, 0.2) is 88.4 Å². The van der Waals surface area contributed by atoms with Gasteiger partial charge in [-0.05, 0) is 61.0 Å². The molecule has 0 aliphatic rings. The maximum Gasteiger partial charge on any atom is 0.336 e. The Morgan fingerprint density at radius 3 is 2.52 bits per heavy atom. The third-order valence-electron chi connectivity index (χ3n) is 4.27. The molecule has 3 rings (SSSR count). The van der Waals surface area contributed by atoms with Crippen molar-refractivity contribution in [3.63, 3.8) is 0 Å². The molecular weight excluding hydrogens is 508 g/mol. The number of hydrazone groups is 1. The molecule has 6 nitrogen and oxygen atoms in total. The molecule has 0 saturated carbocycles. The maximum absolute atomic E-state index is 12.3. The summed E-state index contributed by atoms with van der Waals surface area (Å²) in [5.41, 5.74) is 3.80. The van der Waals surface area contributed by atoms with Crippen LogP contribution in [0, 0.1) is 0 Å². The molecule has 168 valence electrons. The lowest BCUT2D eigenvalue weighted by molar-refractivity contribution is -0.129. The van der Waals surface area contributed by atoms with Crippen LogP contribution in [0.2, 0.25) is 5.02 Å². The quantitative estimate of drug-likeness (QED) is 0.135. The molecule has 0 unspecified atom stereocenters. The number of carbonyl (C=O) groups is 2. The lowest BCUT2D eigenvalue weighted by Crippen LogP contribution is -2.33. The van der Waals surface area contributed by atoms with Crippen molar-refractivity contribution in [2.24, 2.45) is 5.10 Å². The summed E-state index contributed by atoms with van der Waals surface area (Å²) in [7, 11) is 0. The van der Waals surface area contributed by atoms with Crippen LogP contribution in [-0.2, 0) is 9.59 Å². The van der Waals surface area contributed by atoms with E-state index in [1.807, 2.05) is 30.3 Å². The van der Waals surface area contributed by atoms with Crippen molar-refractivity contribution in [1.82, 2.24) is 5.43 Å². The van der Waals surface area contributed by atoms with Gasteiger partial charge in [0.1, 0.15) is 11.5 Å². The van der Waals surface area contributed by atoms with E-state index in [2.05, 4.69) is 26.5 Å². The number of ether oxygens (including phenoxy) is 2. The summed E-state index contributed by atoms with van der Waals surface area (Å²) in [6, 6.07) is 21.2. The van der Waals surface area contributed by atoms with Crippen molar-refractivity contribution in [3.05, 3.63) is 99.5 Å². The van der Waals surface area contributed by atoms with E-state index in [1.54, 1.807) is 55.5 Å². The van der Waals surface area contributed by atoms with Crippen molar-refractivity contribution >= 4 is 51.7 Å². The Kier molecular flexibility index (Phi) is 8.80. The van der Waals surface area contributed by atoms with E-state index in [0.717, 1.165) is 10.0 Å². The van der Waals surface area contributed by atoms with Gasteiger partial charge in [-0.25, -0.2) is 10.2 Å². The van der Waals surface area contributed by atoms with Gasteiger partial charge in [0.05, 0.1) is 6.21 Å². The maximum atomic E-state index is 12.3. The monoisotopic (exact) mass is 526 g/mol. The number of hydrogen-bond acceptors (Lipinski definition) is 5. The minimum absolute atomic E-state index is 0.296. The van der Waals surface area contributed by atoms with Crippen molar-refractivity contribution in [1.29, 1.82) is 0 Å². The number of carbonyl (C=O) groups excluding carboxylic acids is 2. The molecule has 0 bridgehead atoms. The largest absolute Gasteiger partial charge is 0.481 e. The van der Waals surface area contributed by atoms with E-state index in [9.17, 15) is 9.59 Å². The molecule has 3 aromatic rings. The molecule has 0 saturated heterocycles. The molecule has 0 aromatic heterocycles. The first-order valence-corrected chi connectivity index (χ1v) is 11.1. The number of nitrogens with zero attached hydrogens (tertiary/aromatic N) is 1. The van der Waals surface area contributed by atoms with Gasteiger partial charge in [0.25, 0.3) is 5.91 Å². The minimum atomic E-state index is -0.786. The second kappa shape index (κ2) is 12.0. The number of esters is 1. The van der Waals surface area contributed by atoms with E-state index in [0.29, 0.717) is 22.1 Å². The van der Waals surface area contributed by atoms with Gasteiger partial charge in [0.2, 0.25) is 0 Å². The zero-order valence-electron chi connectivity index (χ0n) is 17.6. The molecule has 1 amide bonds. The summed E-state index contributed by atoms with van der Waals surface area (Å²) in [5, 5.41) is 4.54. The Labute approximate surface area is 205 Å². The Morgan fingerprint density at radius 1 is 1.06 bits per heavy atom. The Morgan fingerprint density at radius 2 is 1.79 bits per heavy atom. The molecule has 0 aliphatic carbocycles. The van der Waals surface area contributed by atoms with Crippen molar-refractivity contribution in [3.8, 4) is 11.5 Å². The van der Waals surface area contributed by atoms with Crippen LogP contribution >= 0.6 is 27.5 Å². The molecule has 0 fully saturated rings. The lowest BCUT2D eigenvalue weighted by Gasteiger charge is -2.13. The fourth-order valence-electron chi connectivity index (χ4n) is 2.61. The van der Waals surface area contributed by atoms with Crippen LogP contribution in [0.1, 0.15) is 18.1 Å². The highest BCUT2D eigenvalue weighted by molar-refractivity contribution is 9.10. The Balaban J connectivity index is 1.61. The van der Waals surface area contributed by atoms with Gasteiger partial charge in [0, 0.05) is 21.1 Å². The van der Waals surface area contributed by atoms with Crippen LogP contribution in [0.3, 0.4) is 0 Å². The number of benzene rings is 3. The fourth-order valence-corrected chi connectivity index (χ4v) is 3.12. The van der Waals surface area contributed by atoms with Gasteiger partial charge >= 0.3 is 5.97 Å². The molecule has 0 spiro atoms. The van der Waals surface area contributed by atoms with E-state index >= 15 is 0 Å². The molecule has 0 radical (unpaired) electrons. The van der Waals surface area contributed by atoms with Crippen LogP contribution in [-0.4, -0.2) is 24.2 Å². The van der Waals surface area contributed by atoms with Gasteiger partial charge in [-0.2, -0.15) is 5.10 Å². The summed E-state index contributed by atoms with van der Waals surface area (Å²) in [6.45, 7) is 1.60. The van der Waals surface area contributed by atoms with Crippen LogP contribution in [0.25, 0.3) is 6.08 Å². The number of rotatable bonds is 8. The molecule has 33 heavy (non-hydrogen) atoms. The Hall–Kier alpha value is -3.42. The molecule has 8 heteroatoms. The normalized spacial score (nSPS) is 12.0. The molecular formula is C25H20BrClN2O4. The van der Waals surface area contributed by atoms with Crippen LogP contribution in [0.5, 0.6) is 11.5 Å². The first-order chi connectivity index (χ1) is 15.9. The minimum Gasteiger partial charge on any atom is -0.481 e. The second-order valence-corrected chi connectivity index (χ2v) is 8.15. The lowest BCUT2D eigenvalue weighted by atomic mass is 10.2. The average Bonchev–Trinajstić information content (AvgIpc) is 2.81. The zero-order chi connectivity index (χ0) is 23.6. The van der Waals surface area contributed by atoms with Crippen molar-refractivity contribution in [2.45, 2.75) is 13.0 Å². The smallest absolute Gasteiger partial charge is 0.336 e. The van der Waals surface area contributed by atoms with Gasteiger partial charge in [-0.3, -0.25) is 4.79 Å². The summed E-state index contributed by atoms with van der Waals surface area (Å²) < 4.78 is 11.8. The van der Waals surface area contributed by atoms with Crippen LogP contribution in [0.4, 0.5) is 0 Å². The standard InChI is InChI=1S/C25H20BrClN2O4/c1-17(32-22-11-9-21(27)10-12-22)25(31)29-28-16-19-15-20(26)8-13-23(19)33-24(30)14-7-18-5-3-2-4-6-18/h2-17H,1H3,(H,29,31)/b14-7+,28-16-/t17-/m0/s1. The SMILES string of the molecule is C[C@H](Oc1ccc(Cl)cc1)C(=O)N/N=C\c1cc(Br)ccc1OC(=O)/C=C/c1ccccc1. The van der Waals surface area contributed by atoms with Gasteiger partial charge in [-0.15, -0.1) is 0 Å². The average molecular weight is 528 g/mol. The first-order valence-electron chi connectivity index (χ1n) is 9.90. The van der Waals surface area contributed by atoms with E-state index in [-0.39, 0.29) is 0 Å². The van der Waals surface area contributed by atoms with Crippen molar-refractivity contribution < 1.29 is 19.1 Å². The van der Waals surface area contributed by atoms with E-state index < -0.39 is 18.0 Å². The molecule has 3 aromatic carbocycles. The summed E-state index contributed by atoms with van der Waals surface area (Å²) in [5.74, 6) is -0.175. The third kappa shape index (κ3) is 7.89. The first kappa shape index (κ1) is 24.2. The van der Waals surface area contributed by atoms with Crippen LogP contribution < -0.4 is 14.9 Å². The van der Waals surface area contributed by atoms with E-state index in [4.69, 9.17) is 21.1 Å². The third-order valence-corrected chi connectivity index (χ3v) is 5.01. The van der Waals surface area contributed by atoms with Gasteiger partial charge in [-0.1, -0.05) is 57.9 Å². The second-order valence-electron chi connectivity index (χ2n) is 6.80. The predicted octanol–water partition coefficient (Wildman–Crippen LogP) is 5.64. The van der Waals surface area contributed by atoms with Crippen molar-refractivity contribution in [2.75, 3.05) is 0 Å². The summed E-state index contributed by atoms with van der Waals surface area (Å²) in [6.07, 6.45) is 3.61.